The summed E-state index contributed by atoms with van der Waals surface area (Å²) in [5.41, 5.74) is 10.2. The van der Waals surface area contributed by atoms with Crippen LogP contribution >= 0.6 is 22.7 Å². The maximum absolute atomic E-state index is 6.53. The number of hydrogen-bond acceptors (Lipinski definition) is 5. The Balaban J connectivity index is 2.08. The van der Waals surface area contributed by atoms with E-state index in [0.29, 0.717) is 11.4 Å². The SMILES string of the molecule is CC(C)(C)c1ccc(-c2ccc(-c3ccc(C(C)(C)C)s3)c(N=S)c2N)s1. The highest BCUT2D eigenvalue weighted by molar-refractivity contribution is 7.47. The van der Waals surface area contributed by atoms with Gasteiger partial charge in [0, 0.05) is 43.1 Å². The van der Waals surface area contributed by atoms with Gasteiger partial charge in [0.2, 0.25) is 0 Å². The molecule has 1 aromatic carbocycles. The number of nitrogen functional groups attached to an aromatic ring is 1. The Hall–Kier alpha value is -1.56. The molecule has 0 saturated carbocycles. The number of anilines is 1. The van der Waals surface area contributed by atoms with Gasteiger partial charge in [0.1, 0.15) is 5.69 Å². The van der Waals surface area contributed by atoms with Crippen LogP contribution in [0.1, 0.15) is 51.3 Å². The van der Waals surface area contributed by atoms with E-state index in [-0.39, 0.29) is 10.8 Å². The van der Waals surface area contributed by atoms with Crippen LogP contribution in [0.25, 0.3) is 20.9 Å². The lowest BCUT2D eigenvalue weighted by atomic mass is 9.95. The van der Waals surface area contributed by atoms with Crippen molar-refractivity contribution in [3.63, 3.8) is 0 Å². The first kappa shape index (κ1) is 20.2. The van der Waals surface area contributed by atoms with Crippen molar-refractivity contribution in [2.45, 2.75) is 52.4 Å². The highest BCUT2D eigenvalue weighted by Crippen LogP contribution is 2.46. The minimum absolute atomic E-state index is 0.125. The van der Waals surface area contributed by atoms with Gasteiger partial charge in [0.05, 0.1) is 5.69 Å². The van der Waals surface area contributed by atoms with E-state index in [1.165, 1.54) is 9.75 Å². The standard InChI is InChI=1S/C22H26N2S3/c1-21(2,3)17-11-9-15(26-17)13-7-8-14(20(24-25)19(13)23)16-10-12-18(27-16)22(4,5)6/h7-12H,23H2,1-6H3. The van der Waals surface area contributed by atoms with Crippen LogP contribution in [0.5, 0.6) is 0 Å². The molecule has 0 saturated heterocycles. The summed E-state index contributed by atoms with van der Waals surface area (Å²) >= 11 is 8.66. The fraction of sp³-hybridized carbons (Fsp3) is 0.364. The average Bonchev–Trinajstić information content (AvgIpc) is 3.23. The van der Waals surface area contributed by atoms with E-state index in [9.17, 15) is 0 Å². The predicted molar refractivity (Wildman–Crippen MR) is 124 cm³/mol. The molecule has 0 fully saturated rings. The summed E-state index contributed by atoms with van der Waals surface area (Å²) in [5, 5.41) is 0. The summed E-state index contributed by atoms with van der Waals surface area (Å²) in [7, 11) is 0. The normalized spacial score (nSPS) is 12.4. The third-order valence-corrected chi connectivity index (χ3v) is 7.80. The van der Waals surface area contributed by atoms with Gasteiger partial charge < -0.3 is 5.73 Å². The summed E-state index contributed by atoms with van der Waals surface area (Å²) < 4.78 is 4.13. The molecular formula is C22H26N2S3. The van der Waals surface area contributed by atoms with Crippen molar-refractivity contribution in [2.24, 2.45) is 4.36 Å². The van der Waals surface area contributed by atoms with Gasteiger partial charge in [-0.25, -0.2) is 0 Å². The molecule has 3 aromatic rings. The number of rotatable bonds is 3. The summed E-state index contributed by atoms with van der Waals surface area (Å²) in [6, 6.07) is 12.9. The number of nitrogens with two attached hydrogens (primary N) is 1. The lowest BCUT2D eigenvalue weighted by Gasteiger charge is -2.16. The van der Waals surface area contributed by atoms with Crippen molar-refractivity contribution < 1.29 is 0 Å². The molecule has 2 heterocycles. The van der Waals surface area contributed by atoms with E-state index >= 15 is 0 Å². The van der Waals surface area contributed by atoms with Gasteiger partial charge >= 0.3 is 0 Å². The monoisotopic (exact) mass is 414 g/mol. The predicted octanol–water partition coefficient (Wildman–Crippen LogP) is 7.68. The van der Waals surface area contributed by atoms with E-state index < -0.39 is 0 Å². The lowest BCUT2D eigenvalue weighted by molar-refractivity contribution is 0.603. The van der Waals surface area contributed by atoms with Crippen molar-refractivity contribution in [2.75, 3.05) is 5.73 Å². The molecule has 2 nitrogen and oxygen atoms in total. The van der Waals surface area contributed by atoms with Crippen LogP contribution in [0.4, 0.5) is 11.4 Å². The molecule has 0 amide bonds. The molecule has 0 aliphatic rings. The van der Waals surface area contributed by atoms with Gasteiger partial charge in [-0.1, -0.05) is 53.7 Å². The molecular weight excluding hydrogens is 388 g/mol. The molecule has 0 radical (unpaired) electrons. The molecule has 2 aromatic heterocycles. The highest BCUT2D eigenvalue weighted by Gasteiger charge is 2.21. The second-order valence-corrected chi connectivity index (χ2v) is 11.2. The zero-order valence-corrected chi connectivity index (χ0v) is 19.2. The molecule has 2 N–H and O–H groups in total. The van der Waals surface area contributed by atoms with Crippen molar-refractivity contribution in [1.29, 1.82) is 0 Å². The summed E-state index contributed by atoms with van der Waals surface area (Å²) in [6.07, 6.45) is 0. The van der Waals surface area contributed by atoms with Crippen LogP contribution in [0.15, 0.2) is 40.8 Å². The molecule has 0 aliphatic carbocycles. The topological polar surface area (TPSA) is 38.4 Å². The minimum Gasteiger partial charge on any atom is -0.396 e. The second-order valence-electron chi connectivity index (χ2n) is 8.84. The van der Waals surface area contributed by atoms with E-state index in [2.05, 4.69) is 82.3 Å². The molecule has 142 valence electrons. The average molecular weight is 415 g/mol. The minimum atomic E-state index is 0.125. The molecule has 0 aliphatic heterocycles. The number of benzene rings is 1. The van der Waals surface area contributed by atoms with Gasteiger partial charge in [-0.15, -0.1) is 22.7 Å². The largest absolute Gasteiger partial charge is 0.396 e. The van der Waals surface area contributed by atoms with E-state index in [1.807, 2.05) is 0 Å². The summed E-state index contributed by atoms with van der Waals surface area (Å²) in [5.74, 6) is 0. The lowest BCUT2D eigenvalue weighted by Crippen LogP contribution is -2.07. The fourth-order valence-electron chi connectivity index (χ4n) is 2.89. The molecule has 0 spiro atoms. The van der Waals surface area contributed by atoms with E-state index in [1.54, 1.807) is 22.7 Å². The number of thiophene rings is 2. The molecule has 0 bridgehead atoms. The summed E-state index contributed by atoms with van der Waals surface area (Å²) in [4.78, 5) is 4.99. The number of nitrogens with zero attached hydrogens (tertiary/aromatic N) is 1. The maximum Gasteiger partial charge on any atom is 0.109 e. The Morgan fingerprint density at radius 1 is 0.741 bits per heavy atom. The summed E-state index contributed by atoms with van der Waals surface area (Å²) in [6.45, 7) is 13.3. The third-order valence-electron chi connectivity index (χ3n) is 4.53. The first-order valence-electron chi connectivity index (χ1n) is 8.99. The van der Waals surface area contributed by atoms with Gasteiger partial charge in [-0.05, 0) is 35.1 Å². The first-order valence-corrected chi connectivity index (χ1v) is 11.0. The Bertz CT molecular complexity index is 982. The Morgan fingerprint density at radius 2 is 1.19 bits per heavy atom. The quantitative estimate of drug-likeness (QED) is 0.446. The van der Waals surface area contributed by atoms with Crippen molar-refractivity contribution in [3.05, 3.63) is 46.2 Å². The number of hydrogen-bond donors (Lipinski definition) is 1. The Morgan fingerprint density at radius 3 is 1.59 bits per heavy atom. The molecule has 5 heteroatoms. The van der Waals surface area contributed by atoms with E-state index in [0.717, 1.165) is 20.9 Å². The smallest absolute Gasteiger partial charge is 0.109 e. The Labute approximate surface area is 175 Å². The fourth-order valence-corrected chi connectivity index (χ4v) is 5.28. The second kappa shape index (κ2) is 7.12. The maximum atomic E-state index is 6.53. The van der Waals surface area contributed by atoms with Crippen LogP contribution in [-0.4, -0.2) is 0 Å². The Kier molecular flexibility index (Phi) is 5.32. The van der Waals surface area contributed by atoms with Crippen LogP contribution in [0.3, 0.4) is 0 Å². The van der Waals surface area contributed by atoms with Crippen LogP contribution in [0, 0.1) is 0 Å². The van der Waals surface area contributed by atoms with Gasteiger partial charge in [0.15, 0.2) is 0 Å². The van der Waals surface area contributed by atoms with Gasteiger partial charge in [0.25, 0.3) is 0 Å². The zero-order chi connectivity index (χ0) is 20.0. The third kappa shape index (κ3) is 4.00. The van der Waals surface area contributed by atoms with Crippen molar-refractivity contribution >= 4 is 46.5 Å². The highest BCUT2D eigenvalue weighted by atomic mass is 32.1. The van der Waals surface area contributed by atoms with Crippen LogP contribution in [-0.2, 0) is 23.3 Å². The van der Waals surface area contributed by atoms with E-state index in [4.69, 9.17) is 18.2 Å². The van der Waals surface area contributed by atoms with Crippen LogP contribution in [0.2, 0.25) is 0 Å². The first-order chi connectivity index (χ1) is 12.5. The van der Waals surface area contributed by atoms with Crippen molar-refractivity contribution in [1.82, 2.24) is 0 Å². The van der Waals surface area contributed by atoms with Crippen LogP contribution < -0.4 is 5.73 Å². The van der Waals surface area contributed by atoms with Gasteiger partial charge in [-0.2, -0.15) is 4.36 Å². The molecule has 3 rings (SSSR count). The molecule has 0 unspecified atom stereocenters. The zero-order valence-electron chi connectivity index (χ0n) is 16.7. The molecule has 0 atom stereocenters. The van der Waals surface area contributed by atoms with Crippen molar-refractivity contribution in [3.8, 4) is 20.9 Å². The van der Waals surface area contributed by atoms with Gasteiger partial charge in [-0.3, -0.25) is 0 Å². The molecule has 27 heavy (non-hydrogen) atoms.